The largest absolute Gasteiger partial charge is 0.669 e. The third kappa shape index (κ3) is 10.9. The number of imidazole rings is 2. The monoisotopic (exact) mass is 910 g/mol. The van der Waals surface area contributed by atoms with Crippen LogP contribution in [0.25, 0.3) is 11.1 Å². The van der Waals surface area contributed by atoms with E-state index in [1.54, 1.807) is 73.8 Å². The molecule has 12 heteroatoms. The van der Waals surface area contributed by atoms with E-state index in [9.17, 15) is 0 Å². The molecule has 0 aliphatic carbocycles. The van der Waals surface area contributed by atoms with Crippen LogP contribution in [0.3, 0.4) is 0 Å². The van der Waals surface area contributed by atoms with Gasteiger partial charge < -0.3 is 66.8 Å². The molecule has 2 aromatic carbocycles. The van der Waals surface area contributed by atoms with Crippen LogP contribution in [-0.4, -0.2) is 39.0 Å². The fourth-order valence-electron chi connectivity index (χ4n) is 2.74. The molecule has 0 N–H and O–H groups in total. The van der Waals surface area contributed by atoms with Crippen molar-refractivity contribution in [3.8, 4) is 46.5 Å². The van der Waals surface area contributed by atoms with Gasteiger partial charge in [-0.05, 0) is 0 Å². The Morgan fingerprint density at radius 3 is 1.38 bits per heavy atom. The van der Waals surface area contributed by atoms with E-state index in [2.05, 4.69) is 66.3 Å². The first-order valence-corrected chi connectivity index (χ1v) is 11.3. The van der Waals surface area contributed by atoms with Crippen molar-refractivity contribution >= 4 is 0 Å². The van der Waals surface area contributed by atoms with Gasteiger partial charge in [-0.15, -0.1) is 0 Å². The molecular formula is C30H16N8O2Pt2-6. The van der Waals surface area contributed by atoms with Crippen LogP contribution in [0.5, 0.6) is 23.3 Å². The summed E-state index contributed by atoms with van der Waals surface area (Å²) >= 11 is 0. The number of aromatic nitrogens is 8. The van der Waals surface area contributed by atoms with E-state index >= 15 is 0 Å². The van der Waals surface area contributed by atoms with Crippen molar-refractivity contribution in [3.63, 3.8) is 0 Å². The van der Waals surface area contributed by atoms with Gasteiger partial charge in [0.15, 0.2) is 0 Å². The summed E-state index contributed by atoms with van der Waals surface area (Å²) in [5.41, 5.74) is 1.27. The Labute approximate surface area is 271 Å². The maximum absolute atomic E-state index is 6.53. The molecule has 42 heavy (non-hydrogen) atoms. The number of hydrogen-bond acceptors (Lipinski definition) is 8. The minimum absolute atomic E-state index is 0. The van der Waals surface area contributed by atoms with Crippen molar-refractivity contribution < 1.29 is 51.6 Å². The van der Waals surface area contributed by atoms with Gasteiger partial charge in [-0.1, -0.05) is 11.5 Å². The molecular weight excluding hydrogens is 895 g/mol. The maximum Gasteiger partial charge on any atom is 0.234 e. The molecule has 0 aliphatic rings. The number of ether oxygens (including phenoxy) is 2. The van der Waals surface area contributed by atoms with Gasteiger partial charge in [-0.2, -0.15) is 12.1 Å². The van der Waals surface area contributed by atoms with Crippen LogP contribution in [0, 0.1) is 49.2 Å². The van der Waals surface area contributed by atoms with E-state index in [1.807, 2.05) is 0 Å². The average molecular weight is 911 g/mol. The third-order valence-electron chi connectivity index (χ3n) is 4.45. The second-order valence-corrected chi connectivity index (χ2v) is 7.14. The molecule has 6 aromatic rings. The molecule has 0 bridgehead atoms. The second-order valence-electron chi connectivity index (χ2n) is 7.14. The minimum atomic E-state index is 0. The summed E-state index contributed by atoms with van der Waals surface area (Å²) in [5.74, 6) is 1.74. The van der Waals surface area contributed by atoms with E-state index < -0.39 is 0 Å². The molecule has 0 aliphatic heterocycles. The van der Waals surface area contributed by atoms with E-state index in [4.69, 9.17) is 22.3 Å². The smallest absolute Gasteiger partial charge is 0.234 e. The summed E-state index contributed by atoms with van der Waals surface area (Å²) in [7, 11) is 0. The van der Waals surface area contributed by atoms with E-state index in [1.165, 1.54) is 34.2 Å². The van der Waals surface area contributed by atoms with Gasteiger partial charge in [0.25, 0.3) is 0 Å². The van der Waals surface area contributed by atoms with Crippen molar-refractivity contribution in [2.24, 2.45) is 0 Å². The molecule has 0 fully saturated rings. The normalized spacial score (nSPS) is 9.00. The zero-order chi connectivity index (χ0) is 27.8. The number of nitrogens with zero attached hydrogens (tertiary/aromatic N) is 8. The van der Waals surface area contributed by atoms with Gasteiger partial charge in [0.2, 0.25) is 11.8 Å². The molecule has 4 aromatic heterocycles. The minimum Gasteiger partial charge on any atom is -0.669 e. The fourth-order valence-corrected chi connectivity index (χ4v) is 2.74. The third-order valence-corrected chi connectivity index (χ3v) is 4.45. The van der Waals surface area contributed by atoms with Crippen LogP contribution < -0.4 is 9.47 Å². The van der Waals surface area contributed by atoms with Crippen LogP contribution in [0.2, 0.25) is 0 Å². The molecule has 0 amide bonds. The summed E-state index contributed by atoms with van der Waals surface area (Å²) in [6.45, 7) is 0. The SMILES string of the molecule is [C-]#Cn1ccnc1.[C-]#Cn1ccnc1.[Pt].[Pt].[c-]1ccc(Oc2cnccn2)[c-]c1-c1[c-]ccc(Oc2cnccn2)[c-]1. The van der Waals surface area contributed by atoms with Crippen molar-refractivity contribution in [2.75, 3.05) is 0 Å². The fraction of sp³-hybridized carbons (Fsp3) is 0. The molecule has 0 radical (unpaired) electrons. The van der Waals surface area contributed by atoms with Gasteiger partial charge in [-0.25, -0.2) is 32.0 Å². The van der Waals surface area contributed by atoms with Gasteiger partial charge in [0, 0.05) is 91.7 Å². The van der Waals surface area contributed by atoms with Crippen LogP contribution in [-0.2, 0) is 42.1 Å². The standard InChI is InChI=1S/C20H10N4O2.2C5H3N2.2Pt/c1-3-15(11-17(5-1)25-19-13-21-7-9-23-19)16-4-2-6-18(12-16)26-20-14-22-8-10-24-20;2*1-2-7-4-3-6-5-7;;/h1-2,5-10,13-14H;2*3-5H;;/q-4;2*-1;;. The topological polar surface area (TPSA) is 106 Å². The Kier molecular flexibility index (Phi) is 14.6. The number of hydrogen-bond donors (Lipinski definition) is 0. The van der Waals surface area contributed by atoms with Crippen molar-refractivity contribution in [1.82, 2.24) is 39.0 Å². The van der Waals surface area contributed by atoms with Crippen LogP contribution in [0.4, 0.5) is 0 Å². The van der Waals surface area contributed by atoms with Gasteiger partial charge in [0.1, 0.15) is 12.7 Å². The maximum atomic E-state index is 6.53. The summed E-state index contributed by atoms with van der Waals surface area (Å²) < 4.78 is 14.1. The summed E-state index contributed by atoms with van der Waals surface area (Å²) in [5, 5.41) is 0. The molecule has 4 heterocycles. The molecule has 0 unspecified atom stereocenters. The second kappa shape index (κ2) is 18.5. The zero-order valence-corrected chi connectivity index (χ0v) is 25.8. The quantitative estimate of drug-likeness (QED) is 0.187. The Hall–Kier alpha value is -4.88. The van der Waals surface area contributed by atoms with Crippen LogP contribution in [0.1, 0.15) is 0 Å². The summed E-state index contributed by atoms with van der Waals surface area (Å²) in [6, 6.07) is 23.5. The first-order chi connectivity index (χ1) is 19.7. The molecule has 0 saturated heterocycles. The molecule has 0 saturated carbocycles. The molecule has 214 valence electrons. The molecule has 0 spiro atoms. The van der Waals surface area contributed by atoms with Crippen molar-refractivity contribution in [2.45, 2.75) is 0 Å². The molecule has 0 atom stereocenters. The van der Waals surface area contributed by atoms with Gasteiger partial charge >= 0.3 is 0 Å². The predicted molar refractivity (Wildman–Crippen MR) is 141 cm³/mol. The first-order valence-electron chi connectivity index (χ1n) is 11.3. The summed E-state index contributed by atoms with van der Waals surface area (Å²) in [4.78, 5) is 23.4. The summed E-state index contributed by atoms with van der Waals surface area (Å²) in [6.07, 6.45) is 31.9. The van der Waals surface area contributed by atoms with Crippen LogP contribution in [0.15, 0.2) is 98.9 Å². The molecule has 6 rings (SSSR count). The number of rotatable bonds is 5. The number of benzene rings is 2. The Morgan fingerprint density at radius 1 is 0.619 bits per heavy atom. The van der Waals surface area contributed by atoms with Crippen molar-refractivity contribution in [3.05, 3.63) is 136 Å². The van der Waals surface area contributed by atoms with Crippen LogP contribution >= 0.6 is 0 Å². The van der Waals surface area contributed by atoms with Gasteiger partial charge in [0.05, 0.1) is 12.4 Å². The van der Waals surface area contributed by atoms with Crippen molar-refractivity contribution in [1.29, 1.82) is 0 Å². The predicted octanol–water partition coefficient (Wildman–Crippen LogP) is 4.27. The Bertz CT molecular complexity index is 1540. The van der Waals surface area contributed by atoms with E-state index in [0.717, 1.165) is 0 Å². The van der Waals surface area contributed by atoms with E-state index in [0.29, 0.717) is 34.4 Å². The zero-order valence-electron chi connectivity index (χ0n) is 21.3. The van der Waals surface area contributed by atoms with E-state index in [-0.39, 0.29) is 42.1 Å². The Balaban J connectivity index is 0.000000317. The Morgan fingerprint density at radius 2 is 1.07 bits per heavy atom. The average Bonchev–Trinajstić information content (AvgIpc) is 3.74. The first kappa shape index (κ1) is 33.3. The van der Waals surface area contributed by atoms with Gasteiger partial charge in [-0.3, -0.25) is 22.1 Å². The molecule has 10 nitrogen and oxygen atoms in total.